The smallest absolute Gasteiger partial charge is 0.230 e. The summed E-state index contributed by atoms with van der Waals surface area (Å²) in [5.41, 5.74) is 5.98. The third-order valence-corrected chi connectivity index (χ3v) is 2.99. The highest BCUT2D eigenvalue weighted by Gasteiger charge is 2.05. The lowest BCUT2D eigenvalue weighted by molar-refractivity contribution is -0.118. The van der Waals surface area contributed by atoms with Gasteiger partial charge in [0, 0.05) is 17.1 Å². The molecule has 0 atom stereocenters. The maximum Gasteiger partial charge on any atom is 0.230 e. The quantitative estimate of drug-likeness (QED) is 0.613. The molecule has 0 unspecified atom stereocenters. The van der Waals surface area contributed by atoms with Gasteiger partial charge in [-0.15, -0.1) is 11.8 Å². The first-order chi connectivity index (χ1) is 7.63. The number of nitrogens with one attached hydrogen (secondary N) is 1. The van der Waals surface area contributed by atoms with Gasteiger partial charge in [0.25, 0.3) is 0 Å². The maximum atomic E-state index is 12.7. The molecular formula is C11H15FN2OS. The first-order valence-electron chi connectivity index (χ1n) is 5.08. The number of nitrogen functional groups attached to an aromatic ring is 1. The summed E-state index contributed by atoms with van der Waals surface area (Å²) < 4.78 is 12.7. The molecule has 16 heavy (non-hydrogen) atoms. The van der Waals surface area contributed by atoms with Crippen LogP contribution in [0.2, 0.25) is 0 Å². The molecule has 3 nitrogen and oxygen atoms in total. The number of hydrogen-bond donors (Lipinski definition) is 2. The van der Waals surface area contributed by atoms with E-state index in [1.807, 2.05) is 6.92 Å². The molecule has 0 aromatic heterocycles. The van der Waals surface area contributed by atoms with Crippen LogP contribution in [0.1, 0.15) is 13.3 Å². The van der Waals surface area contributed by atoms with Gasteiger partial charge < -0.3 is 11.1 Å². The van der Waals surface area contributed by atoms with Crippen molar-refractivity contribution < 1.29 is 9.18 Å². The Hall–Kier alpha value is -1.23. The summed E-state index contributed by atoms with van der Waals surface area (Å²) in [5.74, 6) is -0.0941. The van der Waals surface area contributed by atoms with Crippen molar-refractivity contribution in [1.29, 1.82) is 0 Å². The van der Waals surface area contributed by atoms with Crippen LogP contribution in [0.15, 0.2) is 23.1 Å². The lowest BCUT2D eigenvalue weighted by atomic mass is 10.3. The molecular weight excluding hydrogens is 227 g/mol. The van der Waals surface area contributed by atoms with Gasteiger partial charge in [-0.1, -0.05) is 6.92 Å². The highest BCUT2D eigenvalue weighted by Crippen LogP contribution is 2.25. The summed E-state index contributed by atoms with van der Waals surface area (Å²) in [5, 5.41) is 2.76. The Morgan fingerprint density at radius 1 is 1.56 bits per heavy atom. The minimum atomic E-state index is -0.364. The zero-order chi connectivity index (χ0) is 12.0. The van der Waals surface area contributed by atoms with E-state index in [0.29, 0.717) is 18.0 Å². The van der Waals surface area contributed by atoms with E-state index in [0.717, 1.165) is 11.3 Å². The van der Waals surface area contributed by atoms with Gasteiger partial charge in [0.15, 0.2) is 0 Å². The molecule has 0 aliphatic heterocycles. The van der Waals surface area contributed by atoms with Crippen LogP contribution in [-0.2, 0) is 4.79 Å². The highest BCUT2D eigenvalue weighted by molar-refractivity contribution is 8.00. The molecule has 1 aromatic rings. The molecule has 0 radical (unpaired) electrons. The molecule has 88 valence electrons. The predicted molar refractivity (Wildman–Crippen MR) is 64.8 cm³/mol. The summed E-state index contributed by atoms with van der Waals surface area (Å²) in [4.78, 5) is 12.0. The molecule has 1 aromatic carbocycles. The molecule has 0 aliphatic carbocycles. The average Bonchev–Trinajstić information content (AvgIpc) is 2.25. The number of carbonyl (C=O) groups excluding carboxylic acids is 1. The second kappa shape index (κ2) is 6.37. The summed E-state index contributed by atoms with van der Waals surface area (Å²) >= 11 is 1.31. The van der Waals surface area contributed by atoms with E-state index in [1.54, 1.807) is 6.07 Å². The van der Waals surface area contributed by atoms with E-state index in [9.17, 15) is 9.18 Å². The lowest BCUT2D eigenvalue weighted by Crippen LogP contribution is -2.25. The Bertz CT molecular complexity index is 371. The van der Waals surface area contributed by atoms with Crippen LogP contribution < -0.4 is 11.1 Å². The molecule has 5 heteroatoms. The van der Waals surface area contributed by atoms with Gasteiger partial charge in [-0.2, -0.15) is 0 Å². The molecule has 0 fully saturated rings. The van der Waals surface area contributed by atoms with Crippen molar-refractivity contribution in [3.63, 3.8) is 0 Å². The number of thioether (sulfide) groups is 1. The zero-order valence-electron chi connectivity index (χ0n) is 9.13. The molecule has 1 amide bonds. The van der Waals surface area contributed by atoms with Crippen molar-refractivity contribution in [2.24, 2.45) is 0 Å². The van der Waals surface area contributed by atoms with Crippen molar-refractivity contribution in [3.8, 4) is 0 Å². The van der Waals surface area contributed by atoms with E-state index < -0.39 is 0 Å². The van der Waals surface area contributed by atoms with Gasteiger partial charge in [0.05, 0.1) is 5.75 Å². The summed E-state index contributed by atoms with van der Waals surface area (Å²) in [7, 11) is 0. The molecule has 1 rings (SSSR count). The number of nitrogens with two attached hydrogens (primary N) is 1. The normalized spacial score (nSPS) is 10.1. The Morgan fingerprint density at radius 3 is 2.94 bits per heavy atom. The number of carbonyl (C=O) groups is 1. The fourth-order valence-electron chi connectivity index (χ4n) is 1.11. The predicted octanol–water partition coefficient (Wildman–Crippen LogP) is 2.03. The van der Waals surface area contributed by atoms with Crippen LogP contribution in [0.4, 0.5) is 10.1 Å². The van der Waals surface area contributed by atoms with Gasteiger partial charge in [0.2, 0.25) is 5.91 Å². The van der Waals surface area contributed by atoms with Gasteiger partial charge in [-0.25, -0.2) is 4.39 Å². The van der Waals surface area contributed by atoms with Crippen LogP contribution in [-0.4, -0.2) is 18.2 Å². The SMILES string of the molecule is CCCNC(=O)CSc1ccc(F)cc1N. The van der Waals surface area contributed by atoms with E-state index in [1.165, 1.54) is 23.9 Å². The van der Waals surface area contributed by atoms with E-state index in [4.69, 9.17) is 5.73 Å². The van der Waals surface area contributed by atoms with Crippen LogP contribution in [0.3, 0.4) is 0 Å². The third kappa shape index (κ3) is 4.10. The molecule has 0 saturated heterocycles. The fourth-order valence-corrected chi connectivity index (χ4v) is 1.89. The van der Waals surface area contributed by atoms with Crippen LogP contribution in [0.5, 0.6) is 0 Å². The minimum absolute atomic E-state index is 0.0319. The Labute approximate surface area is 98.6 Å². The van der Waals surface area contributed by atoms with Crippen molar-refractivity contribution >= 4 is 23.4 Å². The summed E-state index contributed by atoms with van der Waals surface area (Å²) in [6.07, 6.45) is 0.912. The summed E-state index contributed by atoms with van der Waals surface area (Å²) in [6.45, 7) is 2.67. The summed E-state index contributed by atoms with van der Waals surface area (Å²) in [6, 6.07) is 4.18. The van der Waals surface area contributed by atoms with Gasteiger partial charge in [-0.3, -0.25) is 4.79 Å². The second-order valence-corrected chi connectivity index (χ2v) is 4.34. The third-order valence-electron chi connectivity index (χ3n) is 1.90. The largest absolute Gasteiger partial charge is 0.398 e. The van der Waals surface area contributed by atoms with E-state index in [2.05, 4.69) is 5.32 Å². The zero-order valence-corrected chi connectivity index (χ0v) is 9.94. The van der Waals surface area contributed by atoms with Crippen molar-refractivity contribution in [1.82, 2.24) is 5.32 Å². The van der Waals surface area contributed by atoms with E-state index in [-0.39, 0.29) is 11.7 Å². The Kier molecular flexibility index (Phi) is 5.11. The number of anilines is 1. The van der Waals surface area contributed by atoms with Crippen molar-refractivity contribution in [2.75, 3.05) is 18.0 Å². The fraction of sp³-hybridized carbons (Fsp3) is 0.364. The van der Waals surface area contributed by atoms with E-state index >= 15 is 0 Å². The minimum Gasteiger partial charge on any atom is -0.398 e. The number of hydrogen-bond acceptors (Lipinski definition) is 3. The van der Waals surface area contributed by atoms with Crippen molar-refractivity contribution in [3.05, 3.63) is 24.0 Å². The Balaban J connectivity index is 2.45. The van der Waals surface area contributed by atoms with Gasteiger partial charge in [0.1, 0.15) is 5.82 Å². The first-order valence-corrected chi connectivity index (χ1v) is 6.06. The lowest BCUT2D eigenvalue weighted by Gasteiger charge is -2.05. The van der Waals surface area contributed by atoms with Crippen LogP contribution in [0, 0.1) is 5.82 Å². The standard InChI is InChI=1S/C11H15FN2OS/c1-2-5-14-11(15)7-16-10-4-3-8(12)6-9(10)13/h3-4,6H,2,5,7,13H2,1H3,(H,14,15). The average molecular weight is 242 g/mol. The molecule has 0 saturated carbocycles. The second-order valence-electron chi connectivity index (χ2n) is 3.32. The molecule has 0 bridgehead atoms. The number of benzene rings is 1. The molecule has 0 heterocycles. The number of rotatable bonds is 5. The number of halogens is 1. The molecule has 3 N–H and O–H groups in total. The Morgan fingerprint density at radius 2 is 2.31 bits per heavy atom. The molecule has 0 spiro atoms. The van der Waals surface area contributed by atoms with Crippen LogP contribution in [0.25, 0.3) is 0 Å². The van der Waals surface area contributed by atoms with Gasteiger partial charge >= 0.3 is 0 Å². The maximum absolute atomic E-state index is 12.7. The molecule has 0 aliphatic rings. The monoisotopic (exact) mass is 242 g/mol. The van der Waals surface area contributed by atoms with Crippen molar-refractivity contribution in [2.45, 2.75) is 18.2 Å². The van der Waals surface area contributed by atoms with Gasteiger partial charge in [-0.05, 0) is 24.6 Å². The highest BCUT2D eigenvalue weighted by atomic mass is 32.2. The topological polar surface area (TPSA) is 55.1 Å². The van der Waals surface area contributed by atoms with Crippen LogP contribution >= 0.6 is 11.8 Å². The first kappa shape index (κ1) is 12.8. The number of amides is 1.